The van der Waals surface area contributed by atoms with Crippen LogP contribution in [0.5, 0.6) is 0 Å². The summed E-state index contributed by atoms with van der Waals surface area (Å²) in [5.41, 5.74) is 0.201. The second-order valence-electron chi connectivity index (χ2n) is 5.92. The van der Waals surface area contributed by atoms with Crippen molar-refractivity contribution in [2.24, 2.45) is 0 Å². The molecule has 1 aromatic carbocycles. The molecule has 4 amide bonds. The van der Waals surface area contributed by atoms with E-state index in [2.05, 4.69) is 5.32 Å². The Morgan fingerprint density at radius 3 is 2.52 bits per heavy atom. The number of benzene rings is 1. The minimum absolute atomic E-state index is 0.201. The summed E-state index contributed by atoms with van der Waals surface area (Å²) in [5, 5.41) is 11.4. The molecule has 2 saturated heterocycles. The molecule has 0 spiro atoms. The predicted octanol–water partition coefficient (Wildman–Crippen LogP) is 0.716. The van der Waals surface area contributed by atoms with Crippen LogP contribution in [-0.4, -0.2) is 52.4 Å². The normalized spacial score (nSPS) is 22.6. The van der Waals surface area contributed by atoms with Gasteiger partial charge < -0.3 is 15.3 Å². The Kier molecular flexibility index (Phi) is 4.39. The van der Waals surface area contributed by atoms with E-state index >= 15 is 0 Å². The highest BCUT2D eigenvalue weighted by Crippen LogP contribution is 2.28. The molecule has 2 aliphatic heterocycles. The van der Waals surface area contributed by atoms with Crippen LogP contribution < -0.4 is 10.2 Å². The largest absolute Gasteiger partial charge is 0.481 e. The third-order valence-electron chi connectivity index (χ3n) is 4.34. The molecule has 0 aliphatic carbocycles. The molecule has 2 heterocycles. The molecular formula is C16H16FN3O5. The van der Waals surface area contributed by atoms with Crippen molar-refractivity contribution >= 4 is 29.5 Å². The van der Waals surface area contributed by atoms with Crippen LogP contribution in [0.1, 0.15) is 19.3 Å². The smallest absolute Gasteiger partial charge is 0.329 e. The van der Waals surface area contributed by atoms with Crippen LogP contribution in [0.2, 0.25) is 0 Å². The van der Waals surface area contributed by atoms with Crippen molar-refractivity contribution in [3.05, 3.63) is 30.1 Å². The van der Waals surface area contributed by atoms with Gasteiger partial charge in [-0.15, -0.1) is 0 Å². The lowest BCUT2D eigenvalue weighted by Gasteiger charge is -2.36. The number of halogens is 1. The second kappa shape index (κ2) is 6.50. The van der Waals surface area contributed by atoms with Crippen molar-refractivity contribution in [3.8, 4) is 0 Å². The van der Waals surface area contributed by atoms with Crippen molar-refractivity contribution in [1.29, 1.82) is 0 Å². The molecular weight excluding hydrogens is 333 g/mol. The lowest BCUT2D eigenvalue weighted by atomic mass is 10.0. The van der Waals surface area contributed by atoms with Crippen LogP contribution >= 0.6 is 0 Å². The first kappa shape index (κ1) is 16.9. The lowest BCUT2D eigenvalue weighted by Crippen LogP contribution is -2.65. The number of nitrogens with one attached hydrogen (secondary N) is 1. The van der Waals surface area contributed by atoms with Gasteiger partial charge in [0.15, 0.2) is 0 Å². The first-order valence-electron chi connectivity index (χ1n) is 7.80. The van der Waals surface area contributed by atoms with Gasteiger partial charge in [-0.05, 0) is 30.7 Å². The molecule has 1 aromatic rings. The molecule has 0 bridgehead atoms. The number of urea groups is 1. The van der Waals surface area contributed by atoms with Crippen LogP contribution in [0.4, 0.5) is 14.9 Å². The van der Waals surface area contributed by atoms with E-state index in [0.717, 1.165) is 17.0 Å². The number of carbonyl (C=O) groups is 4. The number of carbonyl (C=O) groups excluding carboxylic acids is 3. The van der Waals surface area contributed by atoms with Gasteiger partial charge in [-0.3, -0.25) is 14.4 Å². The van der Waals surface area contributed by atoms with E-state index in [0.29, 0.717) is 6.42 Å². The number of aliphatic carboxylic acids is 1. The number of carboxylic acids is 1. The Morgan fingerprint density at radius 1 is 1.20 bits per heavy atom. The monoisotopic (exact) mass is 349 g/mol. The summed E-state index contributed by atoms with van der Waals surface area (Å²) >= 11 is 0. The molecule has 2 aliphatic rings. The van der Waals surface area contributed by atoms with Crippen molar-refractivity contribution in [2.45, 2.75) is 31.3 Å². The topological polar surface area (TPSA) is 107 Å². The number of rotatable bonds is 4. The van der Waals surface area contributed by atoms with Gasteiger partial charge in [-0.25, -0.2) is 14.1 Å². The lowest BCUT2D eigenvalue weighted by molar-refractivity contribution is -0.142. The molecule has 2 N–H and O–H groups in total. The number of fused-ring (bicyclic) bond motifs is 1. The first-order chi connectivity index (χ1) is 11.9. The number of amides is 4. The van der Waals surface area contributed by atoms with Gasteiger partial charge in [0, 0.05) is 13.0 Å². The Bertz CT molecular complexity index is 736. The second-order valence-corrected chi connectivity index (χ2v) is 5.92. The summed E-state index contributed by atoms with van der Waals surface area (Å²) in [5.74, 6) is -2.63. The minimum atomic E-state index is -1.10. The number of likely N-dealkylation sites (tertiary alicyclic amines) is 1. The first-order valence-corrected chi connectivity index (χ1v) is 7.80. The van der Waals surface area contributed by atoms with E-state index in [-0.39, 0.29) is 25.1 Å². The molecule has 2 fully saturated rings. The third-order valence-corrected chi connectivity index (χ3v) is 4.34. The maximum Gasteiger partial charge on any atom is 0.329 e. The molecule has 0 unspecified atom stereocenters. The molecule has 8 nitrogen and oxygen atoms in total. The van der Waals surface area contributed by atoms with Crippen LogP contribution in [0.3, 0.4) is 0 Å². The highest BCUT2D eigenvalue weighted by atomic mass is 19.1. The fraction of sp³-hybridized carbons (Fsp3) is 0.375. The number of carboxylic acid groups (broad SMARTS) is 1. The van der Waals surface area contributed by atoms with E-state index in [4.69, 9.17) is 5.11 Å². The molecule has 0 aromatic heterocycles. The fourth-order valence-electron chi connectivity index (χ4n) is 3.18. The van der Waals surface area contributed by atoms with Crippen molar-refractivity contribution in [3.63, 3.8) is 0 Å². The average Bonchev–Trinajstić information content (AvgIpc) is 2.98. The van der Waals surface area contributed by atoms with Crippen LogP contribution in [0, 0.1) is 5.82 Å². The summed E-state index contributed by atoms with van der Waals surface area (Å²) < 4.78 is 13.1. The number of hydrogen-bond donors (Lipinski definition) is 2. The highest BCUT2D eigenvalue weighted by molar-refractivity contribution is 6.19. The van der Waals surface area contributed by atoms with E-state index in [1.807, 2.05) is 0 Å². The van der Waals surface area contributed by atoms with E-state index in [9.17, 15) is 23.6 Å². The number of imide groups is 1. The van der Waals surface area contributed by atoms with Gasteiger partial charge >= 0.3 is 12.0 Å². The van der Waals surface area contributed by atoms with E-state index in [1.54, 1.807) is 0 Å². The average molecular weight is 349 g/mol. The van der Waals surface area contributed by atoms with Gasteiger partial charge in [0.2, 0.25) is 5.91 Å². The minimum Gasteiger partial charge on any atom is -0.481 e. The molecule has 0 radical (unpaired) electrons. The van der Waals surface area contributed by atoms with Gasteiger partial charge in [0.05, 0.1) is 18.2 Å². The molecule has 132 valence electrons. The molecule has 2 atom stereocenters. The molecule has 25 heavy (non-hydrogen) atoms. The molecule has 9 heteroatoms. The zero-order chi connectivity index (χ0) is 18.1. The van der Waals surface area contributed by atoms with Crippen LogP contribution in [0.25, 0.3) is 0 Å². The quantitative estimate of drug-likeness (QED) is 0.833. The summed E-state index contributed by atoms with van der Waals surface area (Å²) in [6.07, 6.45) is -0.122. The van der Waals surface area contributed by atoms with Crippen molar-refractivity contribution < 1.29 is 28.7 Å². The Morgan fingerprint density at radius 2 is 1.88 bits per heavy atom. The van der Waals surface area contributed by atoms with Gasteiger partial charge in [0.1, 0.15) is 11.9 Å². The van der Waals surface area contributed by atoms with Gasteiger partial charge in [0.25, 0.3) is 5.91 Å². The summed E-state index contributed by atoms with van der Waals surface area (Å²) in [6.45, 7) is 0.261. The number of hydrogen-bond acceptors (Lipinski definition) is 4. The zero-order valence-corrected chi connectivity index (χ0v) is 13.1. The van der Waals surface area contributed by atoms with E-state index < -0.39 is 41.7 Å². The van der Waals surface area contributed by atoms with Crippen LogP contribution in [-0.2, 0) is 14.4 Å². The van der Waals surface area contributed by atoms with Gasteiger partial charge in [-0.2, -0.15) is 0 Å². The Balaban J connectivity index is 1.82. The summed E-state index contributed by atoms with van der Waals surface area (Å²) in [7, 11) is 0. The summed E-state index contributed by atoms with van der Waals surface area (Å²) in [6, 6.07) is 2.85. The Hall–Kier alpha value is -2.97. The highest BCUT2D eigenvalue weighted by Gasteiger charge is 2.49. The maximum atomic E-state index is 13.1. The predicted molar refractivity (Wildman–Crippen MR) is 83.2 cm³/mol. The zero-order valence-electron chi connectivity index (χ0n) is 13.1. The van der Waals surface area contributed by atoms with Gasteiger partial charge in [-0.1, -0.05) is 0 Å². The standard InChI is InChI=1S/C16H16FN3O5/c17-9-1-3-10(4-2-9)20-15(24)14-11(18-16(20)25)7-8-19(14)12(21)5-6-13(22)23/h1-4,11,14H,5-8H2,(H,18,25)(H,22,23)/t11-,14-/m1/s1. The van der Waals surface area contributed by atoms with Crippen LogP contribution in [0.15, 0.2) is 24.3 Å². The molecule has 0 saturated carbocycles. The number of anilines is 1. The van der Waals surface area contributed by atoms with Crippen molar-refractivity contribution in [1.82, 2.24) is 10.2 Å². The van der Waals surface area contributed by atoms with Crippen molar-refractivity contribution in [2.75, 3.05) is 11.4 Å². The maximum absolute atomic E-state index is 13.1. The number of nitrogens with zero attached hydrogens (tertiary/aromatic N) is 2. The third kappa shape index (κ3) is 3.17. The SMILES string of the molecule is O=C(O)CCC(=O)N1CC[C@H]2NC(=O)N(c3ccc(F)cc3)C(=O)[C@@H]21. The molecule has 3 rings (SSSR count). The Labute approximate surface area is 142 Å². The summed E-state index contributed by atoms with van der Waals surface area (Å²) in [4.78, 5) is 50.1. The fourth-order valence-corrected chi connectivity index (χ4v) is 3.18. The van der Waals surface area contributed by atoms with E-state index in [1.165, 1.54) is 17.0 Å².